The molecule has 3 N–H and O–H groups in total. The van der Waals surface area contributed by atoms with Gasteiger partial charge in [-0.2, -0.15) is 0 Å². The zero-order chi connectivity index (χ0) is 14.5. The Balaban J connectivity index is 0. The molecule has 0 aromatic heterocycles. The number of ether oxygens (including phenoxy) is 1. The molecule has 5 nitrogen and oxygen atoms in total. The van der Waals surface area contributed by atoms with E-state index < -0.39 is 0 Å². The molecule has 0 heterocycles. The maximum Gasteiger partial charge on any atom is 0.188 e. The number of rotatable bonds is 11. The Labute approximate surface area is 141 Å². The van der Waals surface area contributed by atoms with Crippen LogP contribution in [0.3, 0.4) is 0 Å². The molecular formula is C14H33IN4O. The number of halogens is 1. The first kappa shape index (κ1) is 22.2. The van der Waals surface area contributed by atoms with Crippen LogP contribution in [0, 0.1) is 0 Å². The van der Waals surface area contributed by atoms with E-state index in [-0.39, 0.29) is 30.0 Å². The molecule has 0 aliphatic carbocycles. The molecule has 0 aromatic rings. The summed E-state index contributed by atoms with van der Waals surface area (Å²) in [6.07, 6.45) is 3.48. The second kappa shape index (κ2) is 15.3. The predicted octanol–water partition coefficient (Wildman–Crippen LogP) is 2.06. The molecule has 1 unspecified atom stereocenters. The van der Waals surface area contributed by atoms with Gasteiger partial charge < -0.3 is 20.7 Å². The first-order valence-electron chi connectivity index (χ1n) is 7.41. The zero-order valence-electron chi connectivity index (χ0n) is 13.5. The second-order valence-electron chi connectivity index (χ2n) is 4.96. The summed E-state index contributed by atoms with van der Waals surface area (Å²) < 4.78 is 5.04. The van der Waals surface area contributed by atoms with Crippen molar-refractivity contribution in [1.29, 1.82) is 0 Å². The van der Waals surface area contributed by atoms with Gasteiger partial charge in [0.15, 0.2) is 5.96 Å². The van der Waals surface area contributed by atoms with Gasteiger partial charge in [0.2, 0.25) is 0 Å². The van der Waals surface area contributed by atoms with Crippen molar-refractivity contribution in [3.63, 3.8) is 0 Å². The highest BCUT2D eigenvalue weighted by molar-refractivity contribution is 14.0. The molecule has 122 valence electrons. The highest BCUT2D eigenvalue weighted by atomic mass is 127. The SMILES string of the molecule is CCCN(CCC)CCCN=C(N)NC(C)COC.I. The molecule has 0 saturated carbocycles. The van der Waals surface area contributed by atoms with E-state index >= 15 is 0 Å². The number of nitrogens with two attached hydrogens (primary N) is 1. The molecule has 0 fully saturated rings. The Morgan fingerprint density at radius 3 is 2.35 bits per heavy atom. The summed E-state index contributed by atoms with van der Waals surface area (Å²) in [5, 5.41) is 3.11. The van der Waals surface area contributed by atoms with E-state index in [4.69, 9.17) is 10.5 Å². The van der Waals surface area contributed by atoms with E-state index in [1.54, 1.807) is 7.11 Å². The fraction of sp³-hybridized carbons (Fsp3) is 0.929. The number of hydrogen-bond donors (Lipinski definition) is 2. The van der Waals surface area contributed by atoms with Gasteiger partial charge in [-0.3, -0.25) is 4.99 Å². The largest absolute Gasteiger partial charge is 0.383 e. The molecule has 0 aliphatic heterocycles. The molecule has 20 heavy (non-hydrogen) atoms. The Kier molecular flexibility index (Phi) is 17.0. The molecule has 0 rings (SSSR count). The molecule has 0 bridgehead atoms. The lowest BCUT2D eigenvalue weighted by Crippen LogP contribution is -2.40. The normalized spacial score (nSPS) is 13.2. The Hall–Kier alpha value is -0.0800. The predicted molar refractivity (Wildman–Crippen MR) is 98.0 cm³/mol. The van der Waals surface area contributed by atoms with Crippen LogP contribution in [0.1, 0.15) is 40.0 Å². The maximum atomic E-state index is 5.81. The van der Waals surface area contributed by atoms with E-state index in [9.17, 15) is 0 Å². The van der Waals surface area contributed by atoms with E-state index in [1.807, 2.05) is 6.92 Å². The van der Waals surface area contributed by atoms with Gasteiger partial charge in [-0.1, -0.05) is 13.8 Å². The fourth-order valence-electron chi connectivity index (χ4n) is 2.05. The van der Waals surface area contributed by atoms with Crippen LogP contribution in [0.25, 0.3) is 0 Å². The van der Waals surface area contributed by atoms with Gasteiger partial charge in [-0.05, 0) is 45.8 Å². The van der Waals surface area contributed by atoms with Gasteiger partial charge in [-0.25, -0.2) is 0 Å². The van der Waals surface area contributed by atoms with Crippen LogP contribution in [-0.2, 0) is 4.74 Å². The standard InChI is InChI=1S/C14H32N4O.HI/c1-5-9-18(10-6-2)11-7-8-16-14(15)17-13(3)12-19-4;/h13H,5-12H2,1-4H3,(H3,15,16,17);1H. The van der Waals surface area contributed by atoms with Crippen LogP contribution in [0.2, 0.25) is 0 Å². The van der Waals surface area contributed by atoms with Crippen molar-refractivity contribution in [2.75, 3.05) is 39.9 Å². The van der Waals surface area contributed by atoms with Gasteiger partial charge >= 0.3 is 0 Å². The number of nitrogens with one attached hydrogen (secondary N) is 1. The topological polar surface area (TPSA) is 62.9 Å². The Morgan fingerprint density at radius 1 is 1.25 bits per heavy atom. The van der Waals surface area contributed by atoms with Gasteiger partial charge in [-0.15, -0.1) is 24.0 Å². The van der Waals surface area contributed by atoms with Crippen molar-refractivity contribution in [2.24, 2.45) is 10.7 Å². The molecule has 0 aliphatic rings. The van der Waals surface area contributed by atoms with Gasteiger partial charge in [0.25, 0.3) is 0 Å². The lowest BCUT2D eigenvalue weighted by atomic mass is 10.3. The number of guanidine groups is 1. The third kappa shape index (κ3) is 12.9. The molecule has 0 spiro atoms. The third-order valence-electron chi connectivity index (χ3n) is 2.81. The van der Waals surface area contributed by atoms with E-state index in [2.05, 4.69) is 29.1 Å². The lowest BCUT2D eigenvalue weighted by Gasteiger charge is -2.20. The van der Waals surface area contributed by atoms with Crippen LogP contribution in [0.4, 0.5) is 0 Å². The molecule has 0 radical (unpaired) electrons. The molecule has 0 amide bonds. The first-order valence-corrected chi connectivity index (χ1v) is 7.41. The Morgan fingerprint density at radius 2 is 1.85 bits per heavy atom. The van der Waals surface area contributed by atoms with E-state index in [1.165, 1.54) is 25.9 Å². The lowest BCUT2D eigenvalue weighted by molar-refractivity contribution is 0.179. The summed E-state index contributed by atoms with van der Waals surface area (Å²) >= 11 is 0. The summed E-state index contributed by atoms with van der Waals surface area (Å²) in [6, 6.07) is 0.199. The van der Waals surface area contributed by atoms with E-state index in [0.717, 1.165) is 19.5 Å². The molecule has 1 atom stereocenters. The molecule has 0 saturated heterocycles. The summed E-state index contributed by atoms with van der Waals surface area (Å²) in [7, 11) is 1.68. The zero-order valence-corrected chi connectivity index (χ0v) is 15.9. The monoisotopic (exact) mass is 400 g/mol. The molecule has 0 aromatic carbocycles. The number of hydrogen-bond acceptors (Lipinski definition) is 3. The van der Waals surface area contributed by atoms with Crippen molar-refractivity contribution >= 4 is 29.9 Å². The van der Waals surface area contributed by atoms with Crippen molar-refractivity contribution in [3.05, 3.63) is 0 Å². The smallest absolute Gasteiger partial charge is 0.188 e. The van der Waals surface area contributed by atoms with Crippen molar-refractivity contribution in [1.82, 2.24) is 10.2 Å². The summed E-state index contributed by atoms with van der Waals surface area (Å²) in [5.41, 5.74) is 5.81. The number of methoxy groups -OCH3 is 1. The van der Waals surface area contributed by atoms with Gasteiger partial charge in [0, 0.05) is 19.7 Å². The quantitative estimate of drug-likeness (QED) is 0.241. The fourth-order valence-corrected chi connectivity index (χ4v) is 2.05. The first-order chi connectivity index (χ1) is 9.13. The second-order valence-corrected chi connectivity index (χ2v) is 4.96. The highest BCUT2D eigenvalue weighted by Gasteiger charge is 2.03. The average molecular weight is 400 g/mol. The number of nitrogens with zero attached hydrogens (tertiary/aromatic N) is 2. The highest BCUT2D eigenvalue weighted by Crippen LogP contribution is 1.96. The van der Waals surface area contributed by atoms with Crippen LogP contribution < -0.4 is 11.1 Å². The third-order valence-corrected chi connectivity index (χ3v) is 2.81. The minimum Gasteiger partial charge on any atom is -0.383 e. The summed E-state index contributed by atoms with van der Waals surface area (Å²) in [6.45, 7) is 11.3. The molecular weight excluding hydrogens is 367 g/mol. The number of aliphatic imine (C=N–C) groups is 1. The van der Waals surface area contributed by atoms with Crippen LogP contribution in [-0.4, -0.2) is 56.8 Å². The van der Waals surface area contributed by atoms with E-state index in [0.29, 0.717) is 12.6 Å². The van der Waals surface area contributed by atoms with Crippen molar-refractivity contribution < 1.29 is 4.74 Å². The van der Waals surface area contributed by atoms with Crippen LogP contribution in [0.15, 0.2) is 4.99 Å². The van der Waals surface area contributed by atoms with Crippen molar-refractivity contribution in [2.45, 2.75) is 46.1 Å². The van der Waals surface area contributed by atoms with Crippen LogP contribution >= 0.6 is 24.0 Å². The Bertz CT molecular complexity index is 233. The average Bonchev–Trinajstić information content (AvgIpc) is 2.35. The van der Waals surface area contributed by atoms with Gasteiger partial charge in [0.05, 0.1) is 6.61 Å². The van der Waals surface area contributed by atoms with Gasteiger partial charge in [0.1, 0.15) is 0 Å². The maximum absolute atomic E-state index is 5.81. The summed E-state index contributed by atoms with van der Waals surface area (Å²) in [4.78, 5) is 6.83. The minimum absolute atomic E-state index is 0. The van der Waals surface area contributed by atoms with Crippen LogP contribution in [0.5, 0.6) is 0 Å². The minimum atomic E-state index is 0. The summed E-state index contributed by atoms with van der Waals surface area (Å²) in [5.74, 6) is 0.516. The molecule has 6 heteroatoms. The van der Waals surface area contributed by atoms with Crippen molar-refractivity contribution in [3.8, 4) is 0 Å².